The van der Waals surface area contributed by atoms with E-state index >= 15 is 0 Å². The molecule has 252 valence electrons. The number of halogens is 2. The molecular formula is C34H45Cl2N9O2. The van der Waals surface area contributed by atoms with Gasteiger partial charge in [-0.2, -0.15) is 10.2 Å². The minimum Gasteiger partial charge on any atom is -0.349 e. The fourth-order valence-corrected chi connectivity index (χ4v) is 9.09. The number of aromatic nitrogens is 4. The van der Waals surface area contributed by atoms with E-state index in [9.17, 15) is 9.59 Å². The van der Waals surface area contributed by atoms with Gasteiger partial charge in [0.05, 0.1) is 33.8 Å². The smallest absolute Gasteiger partial charge is 0.320 e. The van der Waals surface area contributed by atoms with E-state index in [0.29, 0.717) is 29.1 Å². The molecule has 1 aromatic carbocycles. The Kier molecular flexibility index (Phi) is 8.45. The van der Waals surface area contributed by atoms with Crippen LogP contribution in [0, 0.1) is 12.8 Å². The Morgan fingerprint density at radius 3 is 2.57 bits per heavy atom. The van der Waals surface area contributed by atoms with Crippen LogP contribution in [0.4, 0.5) is 10.6 Å². The fourth-order valence-electron chi connectivity index (χ4n) is 8.63. The molecule has 1 N–H and O–H groups in total. The lowest BCUT2D eigenvalue weighted by Gasteiger charge is -2.48. The van der Waals surface area contributed by atoms with Gasteiger partial charge in [0.25, 0.3) is 0 Å². The molecule has 4 fully saturated rings. The van der Waals surface area contributed by atoms with Crippen molar-refractivity contribution < 1.29 is 9.59 Å². The van der Waals surface area contributed by atoms with Crippen LogP contribution in [0.1, 0.15) is 51.3 Å². The van der Waals surface area contributed by atoms with Gasteiger partial charge in [-0.25, -0.2) is 4.79 Å². The molecule has 47 heavy (non-hydrogen) atoms. The Hall–Kier alpha value is -3.28. The second-order valence-electron chi connectivity index (χ2n) is 14.5. The molecule has 0 spiro atoms. The number of carbonyl (C=O) groups excluding carboxylic acids is 2. The molecule has 2 atom stereocenters. The Morgan fingerprint density at radius 2 is 1.85 bits per heavy atom. The average molecular weight is 683 g/mol. The van der Waals surface area contributed by atoms with Crippen molar-refractivity contribution in [1.82, 2.24) is 39.6 Å². The minimum absolute atomic E-state index is 0.0226. The molecule has 0 saturated carbocycles. The van der Waals surface area contributed by atoms with Crippen molar-refractivity contribution in [1.29, 1.82) is 0 Å². The number of fused-ring (bicyclic) bond motifs is 2. The largest absolute Gasteiger partial charge is 0.349 e. The molecule has 0 radical (unpaired) electrons. The Bertz CT molecular complexity index is 1710. The lowest BCUT2D eigenvalue weighted by molar-refractivity contribution is -0.127. The number of hydrogen-bond donors (Lipinski definition) is 1. The highest BCUT2D eigenvalue weighted by Crippen LogP contribution is 2.48. The molecule has 1 unspecified atom stereocenters. The Labute approximate surface area is 286 Å². The van der Waals surface area contributed by atoms with E-state index in [2.05, 4.69) is 52.0 Å². The zero-order chi connectivity index (χ0) is 33.2. The van der Waals surface area contributed by atoms with E-state index in [1.165, 1.54) is 6.08 Å². The lowest BCUT2D eigenvalue weighted by atomic mass is 9.81. The number of anilines is 1. The summed E-state index contributed by atoms with van der Waals surface area (Å²) in [6, 6.07) is 2.43. The van der Waals surface area contributed by atoms with Crippen molar-refractivity contribution >= 4 is 51.9 Å². The predicted octanol–water partition coefficient (Wildman–Crippen LogP) is 5.44. The number of likely N-dealkylation sites (tertiary alicyclic amines) is 1. The summed E-state index contributed by atoms with van der Waals surface area (Å²) in [5.41, 5.74) is 3.54. The number of hydrogen-bond acceptors (Lipinski definition) is 6. The number of amides is 3. The van der Waals surface area contributed by atoms with Crippen LogP contribution in [-0.2, 0) is 4.79 Å². The van der Waals surface area contributed by atoms with Gasteiger partial charge in [-0.3, -0.25) is 19.5 Å². The van der Waals surface area contributed by atoms with Crippen LogP contribution in [0.5, 0.6) is 0 Å². The van der Waals surface area contributed by atoms with Gasteiger partial charge in [0.2, 0.25) is 5.91 Å². The number of nitrogens with zero attached hydrogens (tertiary/aromatic N) is 8. The number of piperazine rings is 1. The van der Waals surface area contributed by atoms with Crippen LogP contribution >= 0.6 is 23.2 Å². The van der Waals surface area contributed by atoms with Crippen LogP contribution in [0.15, 0.2) is 24.9 Å². The summed E-state index contributed by atoms with van der Waals surface area (Å²) in [6.07, 6.45) is 6.91. The first-order valence-corrected chi connectivity index (χ1v) is 17.6. The van der Waals surface area contributed by atoms with Gasteiger partial charge >= 0.3 is 6.03 Å². The first-order valence-electron chi connectivity index (χ1n) is 16.8. The van der Waals surface area contributed by atoms with E-state index < -0.39 is 0 Å². The summed E-state index contributed by atoms with van der Waals surface area (Å²) in [7, 11) is 1.90. The quantitative estimate of drug-likeness (QED) is 0.348. The van der Waals surface area contributed by atoms with Crippen molar-refractivity contribution in [2.45, 2.75) is 64.1 Å². The second-order valence-corrected chi connectivity index (χ2v) is 15.2. The molecule has 4 saturated heterocycles. The van der Waals surface area contributed by atoms with E-state index in [1.54, 1.807) is 0 Å². The van der Waals surface area contributed by atoms with Crippen LogP contribution in [0.3, 0.4) is 0 Å². The summed E-state index contributed by atoms with van der Waals surface area (Å²) in [5, 5.41) is 14.7. The summed E-state index contributed by atoms with van der Waals surface area (Å²) < 4.78 is 2.17. The number of likely N-dealkylation sites (N-methyl/N-ethyl adjacent to an activating group) is 1. The maximum atomic E-state index is 12.5. The normalized spacial score (nSPS) is 24.0. The monoisotopic (exact) mass is 681 g/mol. The summed E-state index contributed by atoms with van der Waals surface area (Å²) in [5.74, 6) is 1.44. The molecule has 6 heterocycles. The number of H-pyrrole nitrogens is 1. The van der Waals surface area contributed by atoms with Gasteiger partial charge in [-0.05, 0) is 64.5 Å². The average Bonchev–Trinajstić information content (AvgIpc) is 3.72. The number of benzene rings is 1. The molecule has 3 amide bonds. The zero-order valence-corrected chi connectivity index (χ0v) is 29.3. The van der Waals surface area contributed by atoms with E-state index in [0.717, 1.165) is 98.5 Å². The molecular weight excluding hydrogens is 637 g/mol. The minimum atomic E-state index is -0.172. The maximum absolute atomic E-state index is 12.5. The fraction of sp³-hybridized carbons (Fsp3) is 0.588. The number of rotatable bonds is 6. The van der Waals surface area contributed by atoms with Gasteiger partial charge in [0, 0.05) is 87.2 Å². The highest BCUT2D eigenvalue weighted by Gasteiger charge is 2.42. The van der Waals surface area contributed by atoms with Crippen molar-refractivity contribution in [2.75, 3.05) is 64.3 Å². The summed E-state index contributed by atoms with van der Waals surface area (Å²) in [4.78, 5) is 35.6. The number of urea groups is 1. The topological polar surface area (TPSA) is 96.8 Å². The third kappa shape index (κ3) is 5.68. The molecule has 0 bridgehead atoms. The van der Waals surface area contributed by atoms with Gasteiger partial charge in [0.15, 0.2) is 5.82 Å². The van der Waals surface area contributed by atoms with Crippen molar-refractivity contribution in [2.24, 2.45) is 5.92 Å². The van der Waals surface area contributed by atoms with Crippen molar-refractivity contribution in [3.8, 4) is 11.1 Å². The number of piperidine rings is 2. The van der Waals surface area contributed by atoms with E-state index in [4.69, 9.17) is 28.3 Å². The van der Waals surface area contributed by atoms with Crippen LogP contribution < -0.4 is 4.90 Å². The van der Waals surface area contributed by atoms with Crippen LogP contribution in [0.2, 0.25) is 10.0 Å². The molecule has 3 aromatic rings. The van der Waals surface area contributed by atoms with Gasteiger partial charge in [0.1, 0.15) is 0 Å². The summed E-state index contributed by atoms with van der Waals surface area (Å²) >= 11 is 13.8. The predicted molar refractivity (Wildman–Crippen MR) is 186 cm³/mol. The van der Waals surface area contributed by atoms with Crippen LogP contribution in [0.25, 0.3) is 22.0 Å². The first-order chi connectivity index (χ1) is 22.5. The zero-order valence-electron chi connectivity index (χ0n) is 27.8. The molecule has 11 nitrogen and oxygen atoms in total. The molecule has 7 rings (SSSR count). The lowest BCUT2D eigenvalue weighted by Crippen LogP contribution is -2.55. The second kappa shape index (κ2) is 12.3. The molecule has 4 aliphatic heterocycles. The molecule has 13 heteroatoms. The highest BCUT2D eigenvalue weighted by atomic mass is 35.5. The Balaban J connectivity index is 1.19. The van der Waals surface area contributed by atoms with Crippen molar-refractivity contribution in [3.05, 3.63) is 40.7 Å². The maximum Gasteiger partial charge on any atom is 0.320 e. The third-order valence-electron chi connectivity index (χ3n) is 11.0. The highest BCUT2D eigenvalue weighted by molar-refractivity contribution is 6.45. The van der Waals surface area contributed by atoms with Gasteiger partial charge in [-0.1, -0.05) is 29.8 Å². The van der Waals surface area contributed by atoms with Gasteiger partial charge in [-0.15, -0.1) is 0 Å². The summed E-state index contributed by atoms with van der Waals surface area (Å²) in [6.45, 7) is 17.2. The number of carbonyl (C=O) groups is 2. The molecule has 2 aromatic heterocycles. The SMILES string of the molecule is C=CC(=O)N1CCC(n2nc(N3CC[C@@H](CN4CCN5C(=O)N(C)CC5C4)CC3(C)C)c(-c3c(Cl)c(Cl)cc4[nH]ncc34)c2C)CC1. The molecule has 0 aliphatic carbocycles. The number of aromatic amines is 1. The van der Waals surface area contributed by atoms with E-state index in [1.807, 2.05) is 34.0 Å². The number of nitrogens with one attached hydrogen (secondary N) is 1. The first kappa shape index (κ1) is 32.3. The molecule has 4 aliphatic rings. The van der Waals surface area contributed by atoms with Crippen molar-refractivity contribution in [3.63, 3.8) is 0 Å². The standard InChI is InChI=1S/C34H45Cl2N9O2/c1-6-28(46)42-10-8-23(9-11-42)45-21(2)29(30-25-17-37-38-27(25)15-26(35)31(30)36)32(39-45)44-12-7-22(16-34(44,3)4)18-41-13-14-43-24(20-41)19-40(5)33(43)47/h6,15,17,22-24H,1,7-14,16,18-20H2,2-5H3,(H,37,38)/t22-,24?/m1/s1. The third-order valence-corrected chi connectivity index (χ3v) is 11.8. The van der Waals surface area contributed by atoms with E-state index in [-0.39, 0.29) is 29.6 Å². The van der Waals surface area contributed by atoms with Crippen LogP contribution in [-0.4, -0.2) is 123 Å². The van der Waals surface area contributed by atoms with Gasteiger partial charge < -0.3 is 19.6 Å². The Morgan fingerprint density at radius 1 is 1.09 bits per heavy atom.